The molecule has 3 rings (SSSR count). The summed E-state index contributed by atoms with van der Waals surface area (Å²) in [7, 11) is 1.65. The van der Waals surface area contributed by atoms with Crippen LogP contribution >= 0.6 is 11.6 Å². The lowest BCUT2D eigenvalue weighted by Gasteiger charge is -2.17. The fraction of sp³-hybridized carbons (Fsp3) is 0.231. The van der Waals surface area contributed by atoms with Gasteiger partial charge in [-0.25, -0.2) is 5.10 Å². The predicted molar refractivity (Wildman–Crippen MR) is 72.7 cm³/mol. The number of anilines is 1. The summed E-state index contributed by atoms with van der Waals surface area (Å²) in [4.78, 5) is 13.5. The molecule has 0 saturated heterocycles. The quantitative estimate of drug-likeness (QED) is 0.912. The molecule has 0 spiro atoms. The van der Waals surface area contributed by atoms with E-state index < -0.39 is 0 Å². The van der Waals surface area contributed by atoms with Gasteiger partial charge in [0.1, 0.15) is 10.8 Å². The zero-order valence-electron chi connectivity index (χ0n) is 10.3. The van der Waals surface area contributed by atoms with E-state index in [4.69, 9.17) is 16.3 Å². The minimum absolute atomic E-state index is 0.168. The van der Waals surface area contributed by atoms with Crippen LogP contribution in [0.3, 0.4) is 0 Å². The third-order valence-corrected chi connectivity index (χ3v) is 3.64. The van der Waals surface area contributed by atoms with Gasteiger partial charge in [0, 0.05) is 18.7 Å². The van der Waals surface area contributed by atoms with E-state index in [2.05, 4.69) is 10.2 Å². The molecule has 0 atom stereocenters. The lowest BCUT2D eigenvalue weighted by atomic mass is 10.1. The van der Waals surface area contributed by atoms with Gasteiger partial charge in [0.25, 0.3) is 5.56 Å². The number of aromatic nitrogens is 2. The van der Waals surface area contributed by atoms with Gasteiger partial charge in [-0.1, -0.05) is 23.7 Å². The molecule has 0 aliphatic carbocycles. The minimum Gasteiger partial charge on any atom is -0.496 e. The first-order valence-electron chi connectivity index (χ1n) is 5.83. The number of fused-ring (bicyclic) bond motifs is 1. The maximum atomic E-state index is 11.5. The average molecular weight is 278 g/mol. The summed E-state index contributed by atoms with van der Waals surface area (Å²) in [5.74, 6) is 0.855. The molecule has 5 nitrogen and oxygen atoms in total. The lowest BCUT2D eigenvalue weighted by Crippen LogP contribution is -2.20. The molecule has 0 radical (unpaired) electrons. The predicted octanol–water partition coefficient (Wildman–Crippen LogP) is 1.95. The normalized spacial score (nSPS) is 13.5. The molecule has 0 bridgehead atoms. The highest BCUT2D eigenvalue weighted by Crippen LogP contribution is 2.35. The van der Waals surface area contributed by atoms with Gasteiger partial charge in [-0.3, -0.25) is 4.79 Å². The monoisotopic (exact) mass is 277 g/mol. The molecule has 1 N–H and O–H groups in total. The van der Waals surface area contributed by atoms with Crippen molar-refractivity contribution in [3.63, 3.8) is 0 Å². The van der Waals surface area contributed by atoms with Gasteiger partial charge in [0.05, 0.1) is 19.0 Å². The molecule has 1 aromatic carbocycles. The van der Waals surface area contributed by atoms with E-state index in [9.17, 15) is 4.79 Å². The molecule has 2 heterocycles. The third kappa shape index (κ3) is 1.96. The molecule has 0 amide bonds. The Morgan fingerprint density at radius 2 is 2.26 bits per heavy atom. The van der Waals surface area contributed by atoms with Crippen LogP contribution in [-0.4, -0.2) is 17.3 Å². The van der Waals surface area contributed by atoms with Gasteiger partial charge in [-0.05, 0) is 11.6 Å². The van der Waals surface area contributed by atoms with Crippen molar-refractivity contribution in [1.29, 1.82) is 0 Å². The summed E-state index contributed by atoms with van der Waals surface area (Å²) in [6.07, 6.45) is 1.57. The number of rotatable bonds is 2. The van der Waals surface area contributed by atoms with Crippen molar-refractivity contribution in [3.8, 4) is 5.75 Å². The van der Waals surface area contributed by atoms with E-state index in [1.807, 2.05) is 23.1 Å². The zero-order valence-corrected chi connectivity index (χ0v) is 11.1. The van der Waals surface area contributed by atoms with E-state index in [0.717, 1.165) is 11.3 Å². The first kappa shape index (κ1) is 12.0. The van der Waals surface area contributed by atoms with Gasteiger partial charge < -0.3 is 9.64 Å². The highest BCUT2D eigenvalue weighted by atomic mass is 35.5. The van der Waals surface area contributed by atoms with Crippen molar-refractivity contribution >= 4 is 17.3 Å². The van der Waals surface area contributed by atoms with Gasteiger partial charge in [0.15, 0.2) is 0 Å². The van der Waals surface area contributed by atoms with Crippen LogP contribution in [0, 0.1) is 0 Å². The summed E-state index contributed by atoms with van der Waals surface area (Å²) in [5.41, 5.74) is 2.57. The first-order chi connectivity index (χ1) is 9.20. The van der Waals surface area contributed by atoms with Crippen LogP contribution in [0.15, 0.2) is 29.2 Å². The smallest absolute Gasteiger partial charge is 0.285 e. The van der Waals surface area contributed by atoms with E-state index >= 15 is 0 Å². The minimum atomic E-state index is -0.373. The van der Waals surface area contributed by atoms with Gasteiger partial charge in [-0.15, -0.1) is 0 Å². The molecule has 0 unspecified atom stereocenters. The van der Waals surface area contributed by atoms with E-state index in [1.165, 1.54) is 5.56 Å². The summed E-state index contributed by atoms with van der Waals surface area (Å²) in [6, 6.07) is 5.94. The molecule has 19 heavy (non-hydrogen) atoms. The molecular formula is C13H12ClN3O2. The number of hydrogen-bond donors (Lipinski definition) is 1. The van der Waals surface area contributed by atoms with E-state index in [-0.39, 0.29) is 10.6 Å². The molecule has 0 saturated carbocycles. The number of hydrogen-bond acceptors (Lipinski definition) is 4. The standard InChI is InChI=1S/C13H12ClN3O2/c1-19-11-4-2-3-8-6-17(7-9(8)11)10-5-15-16-13(18)12(10)14/h2-5H,6-7H2,1H3,(H,16,18). The molecule has 1 aliphatic heterocycles. The van der Waals surface area contributed by atoms with Crippen LogP contribution in [-0.2, 0) is 13.1 Å². The maximum Gasteiger partial charge on any atom is 0.285 e. The SMILES string of the molecule is COc1cccc2c1CN(c1cn[nH]c(=O)c1Cl)C2. The Kier molecular flexibility index (Phi) is 2.91. The van der Waals surface area contributed by atoms with Gasteiger partial charge in [0.2, 0.25) is 0 Å². The summed E-state index contributed by atoms with van der Waals surface area (Å²) < 4.78 is 5.35. The number of aromatic amines is 1. The number of halogens is 1. The number of benzene rings is 1. The van der Waals surface area contributed by atoms with Crippen LogP contribution < -0.4 is 15.2 Å². The van der Waals surface area contributed by atoms with Gasteiger partial charge >= 0.3 is 0 Å². The number of nitrogens with one attached hydrogen (secondary N) is 1. The summed E-state index contributed by atoms with van der Waals surface area (Å²) >= 11 is 6.03. The average Bonchev–Trinajstić information content (AvgIpc) is 2.85. The van der Waals surface area contributed by atoms with Crippen molar-refractivity contribution in [1.82, 2.24) is 10.2 Å². The molecule has 1 aromatic heterocycles. The Bertz CT molecular complexity index is 684. The lowest BCUT2D eigenvalue weighted by molar-refractivity contribution is 0.410. The van der Waals surface area contributed by atoms with Gasteiger partial charge in [-0.2, -0.15) is 5.10 Å². The van der Waals surface area contributed by atoms with Crippen molar-refractivity contribution in [2.45, 2.75) is 13.1 Å². The second-order valence-corrected chi connectivity index (χ2v) is 4.73. The third-order valence-electron chi connectivity index (χ3n) is 3.28. The van der Waals surface area contributed by atoms with Crippen molar-refractivity contribution in [2.75, 3.05) is 12.0 Å². The highest BCUT2D eigenvalue weighted by molar-refractivity contribution is 6.33. The van der Waals surface area contributed by atoms with Crippen molar-refractivity contribution < 1.29 is 4.74 Å². The number of H-pyrrole nitrogens is 1. The number of ether oxygens (including phenoxy) is 1. The molecule has 0 fully saturated rings. The number of nitrogens with zero attached hydrogens (tertiary/aromatic N) is 2. The van der Waals surface area contributed by atoms with Crippen LogP contribution in [0.4, 0.5) is 5.69 Å². The Morgan fingerprint density at radius 3 is 3.05 bits per heavy atom. The zero-order chi connectivity index (χ0) is 13.4. The summed E-state index contributed by atoms with van der Waals surface area (Å²) in [5, 5.41) is 6.29. The molecule has 6 heteroatoms. The Labute approximate surface area is 114 Å². The molecular weight excluding hydrogens is 266 g/mol. The summed E-state index contributed by atoms with van der Waals surface area (Å²) in [6.45, 7) is 1.35. The topological polar surface area (TPSA) is 58.2 Å². The van der Waals surface area contributed by atoms with E-state index in [0.29, 0.717) is 18.8 Å². The van der Waals surface area contributed by atoms with Crippen LogP contribution in [0.2, 0.25) is 5.02 Å². The fourth-order valence-electron chi connectivity index (χ4n) is 2.35. The first-order valence-corrected chi connectivity index (χ1v) is 6.21. The number of methoxy groups -OCH3 is 1. The van der Waals surface area contributed by atoms with Crippen LogP contribution in [0.1, 0.15) is 11.1 Å². The Morgan fingerprint density at radius 1 is 1.42 bits per heavy atom. The van der Waals surface area contributed by atoms with E-state index in [1.54, 1.807) is 13.3 Å². The van der Waals surface area contributed by atoms with Crippen LogP contribution in [0.25, 0.3) is 0 Å². The molecule has 1 aliphatic rings. The van der Waals surface area contributed by atoms with Crippen LogP contribution in [0.5, 0.6) is 5.75 Å². The molecule has 98 valence electrons. The second kappa shape index (κ2) is 4.59. The van der Waals surface area contributed by atoms with Crippen molar-refractivity contribution in [3.05, 3.63) is 50.9 Å². The Hall–Kier alpha value is -2.01. The highest BCUT2D eigenvalue weighted by Gasteiger charge is 2.24. The second-order valence-electron chi connectivity index (χ2n) is 4.35. The maximum absolute atomic E-state index is 11.5. The fourth-order valence-corrected chi connectivity index (χ4v) is 2.56. The van der Waals surface area contributed by atoms with Crippen molar-refractivity contribution in [2.24, 2.45) is 0 Å². The largest absolute Gasteiger partial charge is 0.496 e. The Balaban J connectivity index is 2.00. The molecule has 2 aromatic rings.